The van der Waals surface area contributed by atoms with Crippen LogP contribution < -0.4 is 5.69 Å². The summed E-state index contributed by atoms with van der Waals surface area (Å²) in [6, 6.07) is 3.19. The van der Waals surface area contributed by atoms with Crippen LogP contribution in [0.4, 0.5) is 10.1 Å². The molecule has 0 saturated heterocycles. The maximum Gasteiger partial charge on any atom is 0.328 e. The van der Waals surface area contributed by atoms with Gasteiger partial charge in [-0.15, -0.1) is 0 Å². The van der Waals surface area contributed by atoms with Gasteiger partial charge in [0.15, 0.2) is 0 Å². The van der Waals surface area contributed by atoms with Crippen molar-refractivity contribution in [3.63, 3.8) is 0 Å². The number of aryl methyl sites for hydroxylation is 1. The van der Waals surface area contributed by atoms with Crippen LogP contribution in [0, 0.1) is 15.9 Å². The maximum absolute atomic E-state index is 13.1. The second-order valence-electron chi connectivity index (χ2n) is 3.85. The molecule has 94 valence electrons. The fourth-order valence-electron chi connectivity index (χ4n) is 1.67. The Morgan fingerprint density at radius 2 is 2.11 bits per heavy atom. The fraction of sp³-hybridized carbons (Fsp3) is 0.182. The number of benzene rings is 1. The van der Waals surface area contributed by atoms with Crippen LogP contribution >= 0.6 is 0 Å². The van der Waals surface area contributed by atoms with Crippen LogP contribution in [-0.4, -0.2) is 14.1 Å². The first-order valence-corrected chi connectivity index (χ1v) is 5.13. The number of nitrogens with zero attached hydrogens (tertiary/aromatic N) is 3. The summed E-state index contributed by atoms with van der Waals surface area (Å²) in [6.07, 6.45) is 3.03. The van der Waals surface area contributed by atoms with E-state index in [0.29, 0.717) is 0 Å². The highest BCUT2D eigenvalue weighted by Gasteiger charge is 2.15. The van der Waals surface area contributed by atoms with Crippen molar-refractivity contribution in [1.82, 2.24) is 9.13 Å². The molecule has 0 aliphatic heterocycles. The summed E-state index contributed by atoms with van der Waals surface area (Å²) in [6.45, 7) is -0.0340. The lowest BCUT2D eigenvalue weighted by Gasteiger charge is -2.03. The highest BCUT2D eigenvalue weighted by Crippen LogP contribution is 2.20. The molecule has 0 saturated carbocycles. The molecule has 0 amide bonds. The lowest BCUT2D eigenvalue weighted by molar-refractivity contribution is -0.385. The summed E-state index contributed by atoms with van der Waals surface area (Å²) in [4.78, 5) is 21.8. The zero-order valence-corrected chi connectivity index (χ0v) is 9.54. The first-order chi connectivity index (χ1) is 8.49. The molecular formula is C11H10FN3O3. The number of rotatable bonds is 3. The Balaban J connectivity index is 2.45. The maximum atomic E-state index is 13.1. The lowest BCUT2D eigenvalue weighted by atomic mass is 10.1. The van der Waals surface area contributed by atoms with E-state index in [1.54, 1.807) is 7.05 Å². The molecule has 18 heavy (non-hydrogen) atoms. The number of imidazole rings is 1. The standard InChI is InChI=1S/C11H10FN3O3/c1-13-4-5-14(11(13)16)7-8-6-9(12)2-3-10(8)15(17)18/h2-6H,7H2,1H3. The molecule has 0 radical (unpaired) electrons. The highest BCUT2D eigenvalue weighted by atomic mass is 19.1. The first kappa shape index (κ1) is 12.0. The minimum Gasteiger partial charge on any atom is -0.302 e. The third-order valence-corrected chi connectivity index (χ3v) is 2.60. The normalized spacial score (nSPS) is 10.6. The number of aromatic nitrogens is 2. The second kappa shape index (κ2) is 4.44. The second-order valence-corrected chi connectivity index (χ2v) is 3.85. The van der Waals surface area contributed by atoms with E-state index in [2.05, 4.69) is 0 Å². The largest absolute Gasteiger partial charge is 0.328 e. The molecule has 0 aliphatic rings. The van der Waals surface area contributed by atoms with Gasteiger partial charge < -0.3 is 4.57 Å². The smallest absolute Gasteiger partial charge is 0.302 e. The molecule has 0 atom stereocenters. The minimum absolute atomic E-state index is 0.0340. The molecule has 0 bridgehead atoms. The average Bonchev–Trinajstić information content (AvgIpc) is 2.61. The predicted octanol–water partition coefficient (Wildman–Crippen LogP) is 1.28. The van der Waals surface area contributed by atoms with Gasteiger partial charge in [0.2, 0.25) is 0 Å². The number of hydrogen-bond donors (Lipinski definition) is 0. The van der Waals surface area contributed by atoms with Crippen LogP contribution in [-0.2, 0) is 13.6 Å². The zero-order chi connectivity index (χ0) is 13.3. The van der Waals surface area contributed by atoms with Gasteiger partial charge in [0.25, 0.3) is 5.69 Å². The van der Waals surface area contributed by atoms with E-state index in [4.69, 9.17) is 0 Å². The fourth-order valence-corrected chi connectivity index (χ4v) is 1.67. The summed E-state index contributed by atoms with van der Waals surface area (Å²) in [5.74, 6) is -0.570. The van der Waals surface area contributed by atoms with Gasteiger partial charge in [-0.05, 0) is 12.1 Å². The van der Waals surface area contributed by atoms with Crippen molar-refractivity contribution >= 4 is 5.69 Å². The topological polar surface area (TPSA) is 70.1 Å². The third kappa shape index (κ3) is 2.15. The highest BCUT2D eigenvalue weighted by molar-refractivity contribution is 5.40. The van der Waals surface area contributed by atoms with E-state index in [9.17, 15) is 19.3 Å². The van der Waals surface area contributed by atoms with E-state index in [0.717, 1.165) is 18.2 Å². The van der Waals surface area contributed by atoms with Crippen LogP contribution in [0.15, 0.2) is 35.4 Å². The van der Waals surface area contributed by atoms with Gasteiger partial charge in [-0.3, -0.25) is 14.7 Å². The monoisotopic (exact) mass is 251 g/mol. The van der Waals surface area contributed by atoms with E-state index in [1.807, 2.05) is 0 Å². The number of halogens is 1. The predicted molar refractivity (Wildman–Crippen MR) is 61.8 cm³/mol. The molecule has 0 aliphatic carbocycles. The van der Waals surface area contributed by atoms with E-state index in [1.165, 1.54) is 21.5 Å². The summed E-state index contributed by atoms with van der Waals surface area (Å²) in [5, 5.41) is 10.8. The molecule has 2 rings (SSSR count). The van der Waals surface area contributed by atoms with Gasteiger partial charge in [-0.2, -0.15) is 0 Å². The number of nitro benzene ring substituents is 1. The van der Waals surface area contributed by atoms with E-state index < -0.39 is 10.7 Å². The SMILES string of the molecule is Cn1ccn(Cc2cc(F)ccc2[N+](=O)[O-])c1=O. The van der Waals surface area contributed by atoms with Crippen LogP contribution in [0.3, 0.4) is 0 Å². The van der Waals surface area contributed by atoms with Crippen molar-refractivity contribution in [2.45, 2.75) is 6.54 Å². The molecule has 1 aromatic heterocycles. The van der Waals surface area contributed by atoms with Gasteiger partial charge in [0, 0.05) is 25.5 Å². The van der Waals surface area contributed by atoms with Crippen LogP contribution in [0.25, 0.3) is 0 Å². The molecule has 7 heteroatoms. The molecule has 0 fully saturated rings. The molecule has 1 aromatic carbocycles. The van der Waals surface area contributed by atoms with E-state index >= 15 is 0 Å². The van der Waals surface area contributed by atoms with Gasteiger partial charge in [0.05, 0.1) is 17.0 Å². The van der Waals surface area contributed by atoms with Crippen molar-refractivity contribution in [2.75, 3.05) is 0 Å². The Labute approximate surface area is 101 Å². The minimum atomic E-state index is -0.594. The van der Waals surface area contributed by atoms with Gasteiger partial charge in [0.1, 0.15) is 5.82 Å². The van der Waals surface area contributed by atoms with Crippen molar-refractivity contribution in [1.29, 1.82) is 0 Å². The molecule has 2 aromatic rings. The van der Waals surface area contributed by atoms with Crippen LogP contribution in [0.2, 0.25) is 0 Å². The van der Waals surface area contributed by atoms with Crippen molar-refractivity contribution in [2.24, 2.45) is 7.05 Å². The van der Waals surface area contributed by atoms with Crippen molar-refractivity contribution in [3.05, 3.63) is 62.6 Å². The van der Waals surface area contributed by atoms with Crippen molar-refractivity contribution in [3.8, 4) is 0 Å². The van der Waals surface area contributed by atoms with Gasteiger partial charge in [-0.1, -0.05) is 0 Å². The quantitative estimate of drug-likeness (QED) is 0.609. The Hall–Kier alpha value is -2.44. The molecule has 0 unspecified atom stereocenters. The Morgan fingerprint density at radius 1 is 1.39 bits per heavy atom. The summed E-state index contributed by atoms with van der Waals surface area (Å²) >= 11 is 0. The lowest BCUT2D eigenvalue weighted by Crippen LogP contribution is -2.22. The summed E-state index contributed by atoms with van der Waals surface area (Å²) in [7, 11) is 1.57. The average molecular weight is 251 g/mol. The molecular weight excluding hydrogens is 241 g/mol. The molecule has 0 N–H and O–H groups in total. The Kier molecular flexibility index (Phi) is 2.97. The van der Waals surface area contributed by atoms with Crippen molar-refractivity contribution < 1.29 is 9.31 Å². The van der Waals surface area contributed by atoms with Gasteiger partial charge >= 0.3 is 5.69 Å². The molecule has 6 nitrogen and oxygen atoms in total. The Bertz CT molecular complexity index is 660. The Morgan fingerprint density at radius 3 is 2.67 bits per heavy atom. The third-order valence-electron chi connectivity index (χ3n) is 2.60. The molecule has 0 spiro atoms. The van der Waals surface area contributed by atoms with Crippen LogP contribution in [0.5, 0.6) is 0 Å². The van der Waals surface area contributed by atoms with Crippen LogP contribution in [0.1, 0.15) is 5.56 Å². The van der Waals surface area contributed by atoms with E-state index in [-0.39, 0.29) is 23.5 Å². The number of hydrogen-bond acceptors (Lipinski definition) is 3. The first-order valence-electron chi connectivity index (χ1n) is 5.13. The number of nitro groups is 1. The summed E-state index contributed by atoms with van der Waals surface area (Å²) in [5.41, 5.74) is -0.353. The summed E-state index contributed by atoms with van der Waals surface area (Å²) < 4.78 is 15.7. The molecule has 1 heterocycles. The zero-order valence-electron chi connectivity index (χ0n) is 9.54. The van der Waals surface area contributed by atoms with Gasteiger partial charge in [-0.25, -0.2) is 9.18 Å².